The Bertz CT molecular complexity index is 640. The van der Waals surface area contributed by atoms with Crippen molar-refractivity contribution in [2.45, 2.75) is 12.2 Å². The molecule has 2 nitrogen and oxygen atoms in total. The molecule has 4 heteroatoms. The summed E-state index contributed by atoms with van der Waals surface area (Å²) in [4.78, 5) is 4.61. The third-order valence-electron chi connectivity index (χ3n) is 3.19. The van der Waals surface area contributed by atoms with Crippen molar-refractivity contribution in [2.75, 3.05) is 11.9 Å². The highest BCUT2D eigenvalue weighted by Gasteiger charge is 2.21. The van der Waals surface area contributed by atoms with E-state index in [2.05, 4.69) is 75.6 Å². The monoisotopic (exact) mass is 346 g/mol. The molecule has 2 aromatic rings. The second kappa shape index (κ2) is 6.02. The van der Waals surface area contributed by atoms with Crippen molar-refractivity contribution < 1.29 is 0 Å². The standard InChI is InChI=1S/C16H15BrN2S/c1-11-7-8-13(17)14(9-11)19-16-18-10-15(20-16)12-5-3-2-4-6-12/h2-9,15H,10H2,1H3,(H,18,19). The highest BCUT2D eigenvalue weighted by molar-refractivity contribution is 9.10. The number of aliphatic imine (C=N–C) groups is 1. The van der Waals surface area contributed by atoms with Crippen molar-refractivity contribution in [2.24, 2.45) is 4.99 Å². The van der Waals surface area contributed by atoms with Crippen LogP contribution < -0.4 is 5.32 Å². The predicted molar refractivity (Wildman–Crippen MR) is 91.6 cm³/mol. The molecule has 1 heterocycles. The minimum absolute atomic E-state index is 0.419. The summed E-state index contributed by atoms with van der Waals surface area (Å²) in [6.07, 6.45) is 0. The van der Waals surface area contributed by atoms with Crippen LogP contribution in [-0.4, -0.2) is 11.7 Å². The van der Waals surface area contributed by atoms with Crippen molar-refractivity contribution in [3.8, 4) is 0 Å². The van der Waals surface area contributed by atoms with Gasteiger partial charge in [-0.15, -0.1) is 0 Å². The van der Waals surface area contributed by atoms with Gasteiger partial charge in [0.25, 0.3) is 0 Å². The van der Waals surface area contributed by atoms with E-state index in [0.717, 1.165) is 21.9 Å². The number of anilines is 1. The van der Waals surface area contributed by atoms with Crippen molar-refractivity contribution in [1.29, 1.82) is 0 Å². The minimum Gasteiger partial charge on any atom is -0.334 e. The smallest absolute Gasteiger partial charge is 0.161 e. The SMILES string of the molecule is Cc1ccc(Br)c(NC2=NCC(c3ccccc3)S2)c1. The van der Waals surface area contributed by atoms with Crippen LogP contribution in [0.2, 0.25) is 0 Å². The highest BCUT2D eigenvalue weighted by atomic mass is 79.9. The van der Waals surface area contributed by atoms with Gasteiger partial charge in [0.1, 0.15) is 0 Å². The lowest BCUT2D eigenvalue weighted by molar-refractivity contribution is 0.966. The molecule has 102 valence electrons. The fraction of sp³-hybridized carbons (Fsp3) is 0.188. The first kappa shape index (κ1) is 13.7. The zero-order chi connectivity index (χ0) is 13.9. The quantitative estimate of drug-likeness (QED) is 0.825. The van der Waals surface area contributed by atoms with E-state index in [0.29, 0.717) is 5.25 Å². The Hall–Kier alpha value is -1.26. The Morgan fingerprint density at radius 3 is 2.80 bits per heavy atom. The third-order valence-corrected chi connectivity index (χ3v) is 5.04. The number of thioether (sulfide) groups is 1. The van der Waals surface area contributed by atoms with Crippen LogP contribution in [0.3, 0.4) is 0 Å². The summed E-state index contributed by atoms with van der Waals surface area (Å²) < 4.78 is 1.06. The van der Waals surface area contributed by atoms with Gasteiger partial charge in [0, 0.05) is 4.47 Å². The number of aryl methyl sites for hydroxylation is 1. The van der Waals surface area contributed by atoms with Crippen molar-refractivity contribution in [1.82, 2.24) is 0 Å². The number of hydrogen-bond acceptors (Lipinski definition) is 3. The topological polar surface area (TPSA) is 24.4 Å². The van der Waals surface area contributed by atoms with Crippen LogP contribution >= 0.6 is 27.7 Å². The van der Waals surface area contributed by atoms with Crippen molar-refractivity contribution in [3.63, 3.8) is 0 Å². The molecule has 0 aliphatic carbocycles. The Balaban J connectivity index is 1.70. The molecule has 0 aromatic heterocycles. The van der Waals surface area contributed by atoms with Crippen LogP contribution in [0.1, 0.15) is 16.4 Å². The lowest BCUT2D eigenvalue weighted by Crippen LogP contribution is -2.06. The molecule has 0 radical (unpaired) electrons. The predicted octanol–water partition coefficient (Wildman–Crippen LogP) is 5.01. The van der Waals surface area contributed by atoms with Gasteiger partial charge in [-0.25, -0.2) is 0 Å². The first-order valence-electron chi connectivity index (χ1n) is 6.51. The number of rotatable bonds is 2. The largest absolute Gasteiger partial charge is 0.334 e. The van der Waals surface area contributed by atoms with Crippen LogP contribution in [0.25, 0.3) is 0 Å². The fourth-order valence-corrected chi connectivity index (χ4v) is 3.51. The molecule has 1 atom stereocenters. The average molecular weight is 347 g/mol. The molecule has 0 bridgehead atoms. The van der Waals surface area contributed by atoms with E-state index in [4.69, 9.17) is 0 Å². The second-order valence-corrected chi connectivity index (χ2v) is 6.82. The van der Waals surface area contributed by atoms with Gasteiger partial charge in [0.2, 0.25) is 0 Å². The number of amidine groups is 1. The molecule has 3 rings (SSSR count). The molecule has 1 aliphatic rings. The summed E-state index contributed by atoms with van der Waals surface area (Å²) in [6.45, 7) is 2.93. The molecule has 0 fully saturated rings. The maximum atomic E-state index is 4.61. The van der Waals surface area contributed by atoms with Crippen LogP contribution in [-0.2, 0) is 0 Å². The van der Waals surface area contributed by atoms with Gasteiger partial charge >= 0.3 is 0 Å². The average Bonchev–Trinajstić information content (AvgIpc) is 2.92. The first-order chi connectivity index (χ1) is 9.72. The minimum atomic E-state index is 0.419. The van der Waals surface area contributed by atoms with Crippen molar-refractivity contribution >= 4 is 38.5 Å². The van der Waals surface area contributed by atoms with Gasteiger partial charge in [0.05, 0.1) is 17.5 Å². The van der Waals surface area contributed by atoms with Crippen molar-refractivity contribution in [3.05, 3.63) is 64.1 Å². The molecule has 0 saturated carbocycles. The van der Waals surface area contributed by atoms with Gasteiger partial charge in [-0.3, -0.25) is 4.99 Å². The Kier molecular flexibility index (Phi) is 4.13. The first-order valence-corrected chi connectivity index (χ1v) is 8.19. The zero-order valence-corrected chi connectivity index (χ0v) is 13.5. The molecule has 1 unspecified atom stereocenters. The summed E-state index contributed by atoms with van der Waals surface area (Å²) >= 11 is 5.36. The van der Waals surface area contributed by atoms with E-state index in [-0.39, 0.29) is 0 Å². The van der Waals surface area contributed by atoms with E-state index < -0.39 is 0 Å². The number of nitrogens with zero attached hydrogens (tertiary/aromatic N) is 1. The molecule has 0 spiro atoms. The molecule has 1 N–H and O–H groups in total. The lowest BCUT2D eigenvalue weighted by Gasteiger charge is -2.11. The van der Waals surface area contributed by atoms with E-state index in [9.17, 15) is 0 Å². The number of hydrogen-bond donors (Lipinski definition) is 1. The number of halogens is 1. The van der Waals surface area contributed by atoms with Gasteiger partial charge in [0.15, 0.2) is 5.17 Å². The van der Waals surface area contributed by atoms with Crippen LogP contribution in [0.5, 0.6) is 0 Å². The maximum Gasteiger partial charge on any atom is 0.161 e. The van der Waals surface area contributed by atoms with E-state index in [1.165, 1.54) is 11.1 Å². The second-order valence-electron chi connectivity index (χ2n) is 4.77. The van der Waals surface area contributed by atoms with Gasteiger partial charge in [-0.2, -0.15) is 0 Å². The molecule has 0 saturated heterocycles. The van der Waals surface area contributed by atoms with Crippen LogP contribution in [0, 0.1) is 6.92 Å². The van der Waals surface area contributed by atoms with Gasteiger partial charge in [-0.1, -0.05) is 48.2 Å². The summed E-state index contributed by atoms with van der Waals surface area (Å²) in [5.74, 6) is 0. The summed E-state index contributed by atoms with van der Waals surface area (Å²) in [7, 11) is 0. The maximum absolute atomic E-state index is 4.61. The number of benzene rings is 2. The molecule has 2 aromatic carbocycles. The van der Waals surface area contributed by atoms with Crippen LogP contribution in [0.4, 0.5) is 5.69 Å². The summed E-state index contributed by atoms with van der Waals surface area (Å²) in [6, 6.07) is 16.8. The Morgan fingerprint density at radius 1 is 1.20 bits per heavy atom. The van der Waals surface area contributed by atoms with Gasteiger partial charge in [-0.05, 0) is 46.1 Å². The molecule has 1 aliphatic heterocycles. The molecular weight excluding hydrogens is 332 g/mol. The van der Waals surface area contributed by atoms with E-state index >= 15 is 0 Å². The van der Waals surface area contributed by atoms with E-state index in [1.807, 2.05) is 6.07 Å². The molecular formula is C16H15BrN2S. The van der Waals surface area contributed by atoms with E-state index in [1.54, 1.807) is 11.8 Å². The fourth-order valence-electron chi connectivity index (χ4n) is 2.14. The Labute approximate surface area is 131 Å². The normalized spacial score (nSPS) is 17.9. The Morgan fingerprint density at radius 2 is 2.00 bits per heavy atom. The van der Waals surface area contributed by atoms with Crippen LogP contribution in [0.15, 0.2) is 58.0 Å². The summed E-state index contributed by atoms with van der Waals surface area (Å²) in [5, 5.41) is 4.83. The summed E-state index contributed by atoms with van der Waals surface area (Å²) in [5.41, 5.74) is 3.64. The third kappa shape index (κ3) is 3.07. The lowest BCUT2D eigenvalue weighted by atomic mass is 10.1. The number of nitrogens with one attached hydrogen (secondary N) is 1. The molecule has 0 amide bonds. The highest BCUT2D eigenvalue weighted by Crippen LogP contribution is 2.36. The molecule has 20 heavy (non-hydrogen) atoms. The zero-order valence-electron chi connectivity index (χ0n) is 11.1. The van der Waals surface area contributed by atoms with Gasteiger partial charge < -0.3 is 5.32 Å².